The minimum Gasteiger partial charge on any atom is -0.312 e. The van der Waals surface area contributed by atoms with Crippen molar-refractivity contribution < 1.29 is 4.79 Å². The first-order valence-electron chi connectivity index (χ1n) is 4.83. The molecule has 1 aromatic heterocycles. The quantitative estimate of drug-likeness (QED) is 0.786. The summed E-state index contributed by atoms with van der Waals surface area (Å²) < 4.78 is 1.44. The Kier molecular flexibility index (Phi) is 4.17. The van der Waals surface area contributed by atoms with Crippen LogP contribution < -0.4 is 0 Å². The van der Waals surface area contributed by atoms with Gasteiger partial charge in [0.2, 0.25) is 0 Å². The van der Waals surface area contributed by atoms with E-state index in [9.17, 15) is 4.79 Å². The number of benzene rings is 1. The molecule has 0 radical (unpaired) electrons. The third-order valence-corrected chi connectivity index (χ3v) is 3.60. The number of rotatable bonds is 3. The monoisotopic (exact) mass is 322 g/mol. The lowest BCUT2D eigenvalue weighted by Crippen LogP contribution is -2.10. The minimum atomic E-state index is -0.201. The Balaban J connectivity index is 2.25. The molecular weight excluding hydrogens is 318 g/mol. The summed E-state index contributed by atoms with van der Waals surface area (Å²) in [5.74, 6) is -0.201. The summed E-state index contributed by atoms with van der Waals surface area (Å²) in [6.07, 6.45) is 1.40. The summed E-state index contributed by atoms with van der Waals surface area (Å²) in [7, 11) is 0. The highest BCUT2D eigenvalue weighted by molar-refractivity contribution is 6.40. The number of carbonyl (C=O) groups is 1. The minimum absolute atomic E-state index is 0.0138. The van der Waals surface area contributed by atoms with Gasteiger partial charge in [0.1, 0.15) is 5.15 Å². The van der Waals surface area contributed by atoms with E-state index < -0.39 is 0 Å². The molecule has 1 heterocycles. The summed E-state index contributed by atoms with van der Waals surface area (Å²) in [6.45, 7) is 0.0138. The van der Waals surface area contributed by atoms with E-state index in [1.165, 1.54) is 17.0 Å². The molecule has 94 valence electrons. The fourth-order valence-corrected chi connectivity index (χ4v) is 2.23. The van der Waals surface area contributed by atoms with Gasteiger partial charge in [-0.2, -0.15) is 0 Å². The van der Waals surface area contributed by atoms with Crippen molar-refractivity contribution >= 4 is 52.2 Å². The molecule has 0 saturated heterocycles. The Hall–Kier alpha value is -0.740. The molecule has 0 aliphatic carbocycles. The number of hydrogen-bond acceptors (Lipinski definition) is 2. The lowest BCUT2D eigenvalue weighted by atomic mass is 10.1. The number of nitrogens with zero attached hydrogens (tertiary/aromatic N) is 2. The first-order valence-corrected chi connectivity index (χ1v) is 6.34. The molecule has 0 amide bonds. The van der Waals surface area contributed by atoms with Crippen LogP contribution in [0.1, 0.15) is 10.4 Å². The summed E-state index contributed by atoms with van der Waals surface area (Å²) in [4.78, 5) is 15.8. The average molecular weight is 324 g/mol. The highest BCUT2D eigenvalue weighted by Gasteiger charge is 2.14. The second-order valence-electron chi connectivity index (χ2n) is 3.50. The van der Waals surface area contributed by atoms with Gasteiger partial charge in [-0.05, 0) is 18.2 Å². The van der Waals surface area contributed by atoms with Crippen molar-refractivity contribution in [3.8, 4) is 0 Å². The molecule has 18 heavy (non-hydrogen) atoms. The average Bonchev–Trinajstić information content (AvgIpc) is 2.61. The number of carbonyl (C=O) groups excluding carboxylic acids is 1. The number of imidazole rings is 1. The number of Topliss-reactive ketones (excluding diaryl/α,β-unsaturated/α-hetero) is 1. The van der Waals surface area contributed by atoms with Crippen LogP contribution in [-0.2, 0) is 6.54 Å². The molecule has 0 aliphatic heterocycles. The molecule has 3 nitrogen and oxygen atoms in total. The Bertz CT molecular complexity index is 609. The molecule has 0 atom stereocenters. The zero-order chi connectivity index (χ0) is 13.3. The van der Waals surface area contributed by atoms with Crippen molar-refractivity contribution in [1.29, 1.82) is 0 Å². The van der Waals surface area contributed by atoms with E-state index in [0.29, 0.717) is 15.6 Å². The van der Waals surface area contributed by atoms with Gasteiger partial charge in [0, 0.05) is 10.6 Å². The SMILES string of the molecule is O=C(Cn1cnc(Cl)c1Cl)c1ccc(Cl)cc1Cl. The first kappa shape index (κ1) is 13.7. The lowest BCUT2D eigenvalue weighted by Gasteiger charge is -2.05. The predicted molar refractivity (Wildman–Crippen MR) is 73.0 cm³/mol. The number of ketones is 1. The van der Waals surface area contributed by atoms with E-state index in [1.54, 1.807) is 12.1 Å². The number of hydrogen-bond donors (Lipinski definition) is 0. The Labute approximate surface area is 123 Å². The zero-order valence-corrected chi connectivity index (χ0v) is 11.9. The van der Waals surface area contributed by atoms with E-state index in [4.69, 9.17) is 46.4 Å². The van der Waals surface area contributed by atoms with E-state index in [2.05, 4.69) is 4.98 Å². The van der Waals surface area contributed by atoms with Crippen LogP contribution >= 0.6 is 46.4 Å². The van der Waals surface area contributed by atoms with Crippen molar-refractivity contribution in [2.45, 2.75) is 6.54 Å². The van der Waals surface area contributed by atoms with Crippen LogP contribution in [0.3, 0.4) is 0 Å². The van der Waals surface area contributed by atoms with E-state index in [0.717, 1.165) is 0 Å². The van der Waals surface area contributed by atoms with E-state index >= 15 is 0 Å². The molecule has 0 aliphatic rings. The van der Waals surface area contributed by atoms with Crippen molar-refractivity contribution in [3.63, 3.8) is 0 Å². The fraction of sp³-hybridized carbons (Fsp3) is 0.0909. The Morgan fingerprint density at radius 3 is 2.50 bits per heavy atom. The third kappa shape index (κ3) is 2.81. The van der Waals surface area contributed by atoms with E-state index in [1.807, 2.05) is 0 Å². The van der Waals surface area contributed by atoms with Gasteiger partial charge < -0.3 is 4.57 Å². The van der Waals surface area contributed by atoms with Crippen molar-refractivity contribution in [3.05, 3.63) is 50.4 Å². The van der Waals surface area contributed by atoms with Crippen molar-refractivity contribution in [2.75, 3.05) is 0 Å². The maximum absolute atomic E-state index is 12.0. The van der Waals surface area contributed by atoms with Crippen LogP contribution in [0.15, 0.2) is 24.5 Å². The molecule has 2 rings (SSSR count). The highest BCUT2D eigenvalue weighted by Crippen LogP contribution is 2.23. The maximum atomic E-state index is 12.0. The number of aromatic nitrogens is 2. The molecule has 0 fully saturated rings. The van der Waals surface area contributed by atoms with Crippen LogP contribution in [0.5, 0.6) is 0 Å². The molecular formula is C11H6Cl4N2O. The van der Waals surface area contributed by atoms with Gasteiger partial charge in [-0.1, -0.05) is 46.4 Å². The molecule has 1 aromatic carbocycles. The third-order valence-electron chi connectivity index (χ3n) is 2.28. The van der Waals surface area contributed by atoms with Gasteiger partial charge in [0.15, 0.2) is 10.9 Å². The van der Waals surface area contributed by atoms with Gasteiger partial charge in [-0.15, -0.1) is 0 Å². The molecule has 0 unspecified atom stereocenters. The smallest absolute Gasteiger partial charge is 0.184 e. The molecule has 0 N–H and O–H groups in total. The standard InChI is InChI=1S/C11H6Cl4N2O/c12-6-1-2-7(8(13)3-6)9(18)4-17-5-16-10(14)11(17)15/h1-3,5H,4H2. The molecule has 7 heteroatoms. The topological polar surface area (TPSA) is 34.9 Å². The van der Waals surface area contributed by atoms with Gasteiger partial charge in [-0.3, -0.25) is 4.79 Å². The highest BCUT2D eigenvalue weighted by atomic mass is 35.5. The van der Waals surface area contributed by atoms with Crippen LogP contribution in [0.25, 0.3) is 0 Å². The largest absolute Gasteiger partial charge is 0.312 e. The molecule has 2 aromatic rings. The van der Waals surface area contributed by atoms with Gasteiger partial charge in [0.05, 0.1) is 17.9 Å². The van der Waals surface area contributed by atoms with E-state index in [-0.39, 0.29) is 22.6 Å². The Morgan fingerprint density at radius 1 is 1.22 bits per heavy atom. The van der Waals surface area contributed by atoms with Crippen LogP contribution in [0.2, 0.25) is 20.4 Å². The molecule has 0 bridgehead atoms. The molecule has 0 spiro atoms. The second kappa shape index (κ2) is 5.49. The second-order valence-corrected chi connectivity index (χ2v) is 5.06. The maximum Gasteiger partial charge on any atom is 0.184 e. The van der Waals surface area contributed by atoms with Crippen LogP contribution in [0.4, 0.5) is 0 Å². The van der Waals surface area contributed by atoms with Crippen molar-refractivity contribution in [1.82, 2.24) is 9.55 Å². The summed E-state index contributed by atoms with van der Waals surface area (Å²) in [6, 6.07) is 4.68. The predicted octanol–water partition coefficient (Wildman–Crippen LogP) is 4.38. The van der Waals surface area contributed by atoms with Gasteiger partial charge in [-0.25, -0.2) is 4.98 Å². The summed E-state index contributed by atoms with van der Waals surface area (Å²) in [5, 5.41) is 1.15. The lowest BCUT2D eigenvalue weighted by molar-refractivity contribution is 0.0972. The van der Waals surface area contributed by atoms with Crippen LogP contribution in [-0.4, -0.2) is 15.3 Å². The fourth-order valence-electron chi connectivity index (χ4n) is 1.41. The summed E-state index contributed by atoms with van der Waals surface area (Å²) in [5.41, 5.74) is 0.377. The first-order chi connectivity index (χ1) is 8.49. The van der Waals surface area contributed by atoms with Gasteiger partial charge >= 0.3 is 0 Å². The number of halogens is 4. The normalized spacial score (nSPS) is 10.7. The van der Waals surface area contributed by atoms with Crippen molar-refractivity contribution in [2.24, 2.45) is 0 Å². The zero-order valence-electron chi connectivity index (χ0n) is 8.83. The Morgan fingerprint density at radius 2 is 1.94 bits per heavy atom. The molecule has 0 saturated carbocycles. The van der Waals surface area contributed by atoms with Gasteiger partial charge in [0.25, 0.3) is 0 Å². The summed E-state index contributed by atoms with van der Waals surface area (Å²) >= 11 is 23.3. The van der Waals surface area contributed by atoms with Crippen LogP contribution in [0, 0.1) is 0 Å².